The fourth-order valence-electron chi connectivity index (χ4n) is 11.6. The number of ether oxygens (including phenoxy) is 4. The van der Waals surface area contributed by atoms with Crippen molar-refractivity contribution in [3.05, 3.63) is 157 Å². The molecule has 3 heterocycles. The number of non-ortho nitro benzene ring substituents is 1. The van der Waals surface area contributed by atoms with Crippen molar-refractivity contribution in [3.63, 3.8) is 0 Å². The van der Waals surface area contributed by atoms with Crippen molar-refractivity contribution < 1.29 is 57.3 Å². The van der Waals surface area contributed by atoms with Crippen LogP contribution in [0.25, 0.3) is 0 Å². The van der Waals surface area contributed by atoms with E-state index < -0.39 is 39.9 Å². The topological polar surface area (TPSA) is 230 Å². The number of allylic oxidation sites excluding steroid dienone is 5. The number of nitro groups is 2. The summed E-state index contributed by atoms with van der Waals surface area (Å²) >= 11 is 0. The number of amides is 1. The summed E-state index contributed by atoms with van der Waals surface area (Å²) in [7, 11) is 5.40. The number of methoxy groups -OCH3 is 1. The van der Waals surface area contributed by atoms with Crippen molar-refractivity contribution in [2.45, 2.75) is 135 Å². The van der Waals surface area contributed by atoms with Gasteiger partial charge in [0.05, 0.1) is 57.9 Å². The van der Waals surface area contributed by atoms with E-state index in [0.717, 1.165) is 53.1 Å². The largest absolute Gasteiger partial charge is 0.514 e. The van der Waals surface area contributed by atoms with Crippen LogP contribution in [0, 0.1) is 20.2 Å². The molecule has 3 aliphatic heterocycles. The van der Waals surface area contributed by atoms with Gasteiger partial charge in [0.2, 0.25) is 11.6 Å². The van der Waals surface area contributed by atoms with E-state index in [0.29, 0.717) is 62.6 Å². The number of Topliss-reactive ketones (excluding diaryl/α,β-unsaturated/α-hetero) is 3. The smallest absolute Gasteiger partial charge is 0.493 e. The number of hydrogen-bond acceptors (Lipinski definition) is 15. The van der Waals surface area contributed by atoms with Gasteiger partial charge in [0.15, 0.2) is 28.8 Å². The average Bonchev–Trinajstić information content (AvgIpc) is 4.09. The molecule has 0 saturated carbocycles. The second-order valence-electron chi connectivity index (χ2n) is 22.0. The number of nitro benzene ring substituents is 2. The van der Waals surface area contributed by atoms with Gasteiger partial charge in [-0.05, 0) is 95.2 Å². The number of benzene rings is 4. The van der Waals surface area contributed by atoms with Crippen molar-refractivity contribution in [1.82, 2.24) is 10.2 Å². The summed E-state index contributed by atoms with van der Waals surface area (Å²) < 4.78 is 23.8. The SMILES string of the molecule is CCC(NC(=O)[C@H]1CCCN1C1=C(C=C2N(C)c3ccccc3C2(C)C)C(=O)C1=CC1=[N+](C)c2ccccc2C1(C)C)C(=O)CCCCCC(=O)CCCOc1cc([N+](=O)[O-])c(C(C)OC(=O)Oc2ccc([N+](=O)[O-])cc2)cc1OC. The van der Waals surface area contributed by atoms with Crippen LogP contribution in [-0.2, 0) is 34.7 Å². The highest BCUT2D eigenvalue weighted by Crippen LogP contribution is 2.50. The minimum Gasteiger partial charge on any atom is -0.493 e. The Bertz CT molecular complexity index is 3300. The lowest BCUT2D eigenvalue weighted by molar-refractivity contribution is -0.401. The molecule has 8 rings (SSSR count). The van der Waals surface area contributed by atoms with Crippen molar-refractivity contribution in [2.24, 2.45) is 0 Å². The molecule has 0 radical (unpaired) electrons. The molecule has 1 aliphatic carbocycles. The zero-order valence-electron chi connectivity index (χ0n) is 47.5. The molecule has 4 aliphatic rings. The first-order chi connectivity index (χ1) is 38.6. The fourth-order valence-corrected chi connectivity index (χ4v) is 11.6. The van der Waals surface area contributed by atoms with E-state index in [2.05, 4.69) is 71.7 Å². The molecule has 0 aromatic heterocycles. The number of para-hydroxylation sites is 2. The minimum absolute atomic E-state index is 0.00279. The summed E-state index contributed by atoms with van der Waals surface area (Å²) in [6.07, 6.45) is 6.14. The van der Waals surface area contributed by atoms with Crippen LogP contribution in [-0.4, -0.2) is 101 Å². The molecule has 2 unspecified atom stereocenters. The number of carbonyl (C=O) groups excluding carboxylic acids is 5. The first-order valence-corrected chi connectivity index (χ1v) is 27.6. The van der Waals surface area contributed by atoms with Gasteiger partial charge in [-0.1, -0.05) is 63.6 Å². The Morgan fingerprint density at radius 1 is 0.852 bits per heavy atom. The molecule has 1 N–H and O–H groups in total. The number of carbonyl (C=O) groups is 5. The molecule has 1 saturated heterocycles. The summed E-state index contributed by atoms with van der Waals surface area (Å²) in [6, 6.07) is 22.4. The molecule has 1 fully saturated rings. The number of fused-ring (bicyclic) bond motifs is 2. The first-order valence-electron chi connectivity index (χ1n) is 27.6. The predicted octanol–water partition coefficient (Wildman–Crippen LogP) is 11.2. The quantitative estimate of drug-likeness (QED) is 0.0131. The molecule has 4 aromatic carbocycles. The van der Waals surface area contributed by atoms with Gasteiger partial charge < -0.3 is 34.1 Å². The van der Waals surface area contributed by atoms with Crippen LogP contribution in [0.3, 0.4) is 0 Å². The number of ketones is 3. The summed E-state index contributed by atoms with van der Waals surface area (Å²) in [5.41, 5.74) is 6.97. The van der Waals surface area contributed by atoms with E-state index in [1.54, 1.807) is 0 Å². The molecule has 81 heavy (non-hydrogen) atoms. The summed E-state index contributed by atoms with van der Waals surface area (Å²) in [4.78, 5) is 94.2. The summed E-state index contributed by atoms with van der Waals surface area (Å²) in [5.74, 6) is -0.256. The molecule has 0 bridgehead atoms. The van der Waals surface area contributed by atoms with Gasteiger partial charge in [-0.25, -0.2) is 4.79 Å². The van der Waals surface area contributed by atoms with Gasteiger partial charge in [0.1, 0.15) is 30.7 Å². The monoisotopic (exact) mass is 1110 g/mol. The van der Waals surface area contributed by atoms with Crippen LogP contribution >= 0.6 is 0 Å². The number of likely N-dealkylation sites (N-methyl/N-ethyl adjacent to an activating group) is 1. The molecule has 4 aromatic rings. The predicted molar refractivity (Wildman–Crippen MR) is 304 cm³/mol. The maximum atomic E-state index is 14.6. The Morgan fingerprint density at radius 2 is 1.53 bits per heavy atom. The summed E-state index contributed by atoms with van der Waals surface area (Å²) in [5, 5.41) is 26.1. The lowest BCUT2D eigenvalue weighted by Crippen LogP contribution is -2.50. The number of nitrogens with zero attached hydrogens (tertiary/aromatic N) is 5. The second-order valence-corrected chi connectivity index (χ2v) is 22.0. The fraction of sp³-hybridized carbons (Fsp3) is 0.419. The van der Waals surface area contributed by atoms with Gasteiger partial charge in [-0.3, -0.25) is 39.4 Å². The van der Waals surface area contributed by atoms with Crippen molar-refractivity contribution >= 4 is 57.9 Å². The van der Waals surface area contributed by atoms with Gasteiger partial charge in [-0.2, -0.15) is 4.58 Å². The third kappa shape index (κ3) is 12.2. The van der Waals surface area contributed by atoms with E-state index in [1.807, 2.05) is 57.4 Å². The minimum atomic E-state index is -1.19. The Kier molecular flexibility index (Phi) is 17.7. The van der Waals surface area contributed by atoms with Gasteiger partial charge >= 0.3 is 6.16 Å². The first kappa shape index (κ1) is 58.7. The standard InChI is InChI=1S/C62H70N6O13/c1-10-47(52(70)27-13-11-12-20-40(69)21-19-33-79-54-37-51(68(76)77)42(34-53(54)78-9)38(2)80-60(73)81-41-30-28-39(29-31-41)67(74)75)63-59(72)50-26-18-32-66(50)57-43(35-55-61(3,4)45-22-14-16-24-48(45)64(55)7)58(71)44(57)36-56-62(5,6)46-23-15-17-25-49(46)65(56)8/h14-17,22-25,28-31,34-38,47,50H,10-13,18-21,26-27,32-33H2,1-9H3/p+1/t38?,47?,50-/m1/s1. The third-order valence-electron chi connectivity index (χ3n) is 16.1. The van der Waals surface area contributed by atoms with E-state index in [1.165, 1.54) is 43.4 Å². The summed E-state index contributed by atoms with van der Waals surface area (Å²) in [6.45, 7) is 12.6. The van der Waals surface area contributed by atoms with Crippen LogP contribution in [0.5, 0.6) is 17.2 Å². The maximum absolute atomic E-state index is 14.6. The highest BCUT2D eigenvalue weighted by atomic mass is 16.7. The average molecular weight is 1110 g/mol. The van der Waals surface area contributed by atoms with Crippen LogP contribution < -0.4 is 24.4 Å². The molecule has 19 nitrogen and oxygen atoms in total. The van der Waals surface area contributed by atoms with Crippen LogP contribution in [0.1, 0.15) is 129 Å². The highest BCUT2D eigenvalue weighted by molar-refractivity contribution is 6.25. The van der Waals surface area contributed by atoms with Crippen molar-refractivity contribution in [1.29, 1.82) is 0 Å². The normalized spacial score (nSPS) is 18.5. The van der Waals surface area contributed by atoms with E-state index in [-0.39, 0.29) is 82.0 Å². The zero-order chi connectivity index (χ0) is 58.5. The molecule has 426 valence electrons. The lowest BCUT2D eigenvalue weighted by atomic mass is 9.76. The van der Waals surface area contributed by atoms with Crippen molar-refractivity contribution in [2.75, 3.05) is 39.3 Å². The van der Waals surface area contributed by atoms with Crippen LogP contribution in [0.15, 0.2) is 120 Å². The van der Waals surface area contributed by atoms with E-state index >= 15 is 0 Å². The molecule has 19 heteroatoms. The number of likely N-dealkylation sites (tertiary alicyclic amines) is 1. The highest BCUT2D eigenvalue weighted by Gasteiger charge is 2.49. The Morgan fingerprint density at radius 3 is 2.20 bits per heavy atom. The molecular weight excluding hydrogens is 1040 g/mol. The van der Waals surface area contributed by atoms with Crippen molar-refractivity contribution in [3.8, 4) is 17.2 Å². The van der Waals surface area contributed by atoms with Gasteiger partial charge in [0.25, 0.3) is 11.4 Å². The molecular formula is C62H71N6O13+. The van der Waals surface area contributed by atoms with Gasteiger partial charge in [0, 0.05) is 85.1 Å². The maximum Gasteiger partial charge on any atom is 0.514 e. The Labute approximate surface area is 471 Å². The number of rotatable bonds is 24. The number of unbranched alkanes of at least 4 members (excludes halogenated alkanes) is 2. The van der Waals surface area contributed by atoms with E-state index in [9.17, 15) is 44.2 Å². The molecule has 1 amide bonds. The lowest BCUT2D eigenvalue weighted by Gasteiger charge is -2.37. The van der Waals surface area contributed by atoms with Crippen LogP contribution in [0.4, 0.5) is 27.5 Å². The molecule has 0 spiro atoms. The Balaban J connectivity index is 0.838. The third-order valence-corrected chi connectivity index (χ3v) is 16.1. The van der Waals surface area contributed by atoms with Gasteiger partial charge in [-0.15, -0.1) is 0 Å². The molecule has 3 atom stereocenters. The Hall–Kier alpha value is -8.48. The number of nitrogens with one attached hydrogen (secondary N) is 1. The second kappa shape index (κ2) is 24.5. The van der Waals surface area contributed by atoms with Crippen LogP contribution in [0.2, 0.25) is 0 Å². The van der Waals surface area contributed by atoms with E-state index in [4.69, 9.17) is 18.9 Å². The zero-order valence-corrected chi connectivity index (χ0v) is 47.5. The number of hydrogen-bond donors (Lipinski definition) is 1. The number of anilines is 1.